The van der Waals surface area contributed by atoms with E-state index in [4.69, 9.17) is 0 Å². The highest BCUT2D eigenvalue weighted by atomic mass is 16.1. The first-order chi connectivity index (χ1) is 12.8. The monoisotopic (exact) mass is 347 g/mol. The maximum atomic E-state index is 12.7. The molecule has 1 saturated heterocycles. The molecule has 1 aliphatic heterocycles. The Labute approximate surface area is 152 Å². The van der Waals surface area contributed by atoms with Crippen molar-refractivity contribution in [2.45, 2.75) is 12.8 Å². The number of rotatable bonds is 5. The Kier molecular flexibility index (Phi) is 4.75. The number of aromatic nitrogens is 3. The number of carbonyl (C=O) groups is 1. The van der Waals surface area contributed by atoms with Crippen LogP contribution >= 0.6 is 0 Å². The Morgan fingerprint density at radius 2 is 2.23 bits per heavy atom. The standard InChI is InChI=1S/C20H21N5O/c26-20(17-4-1-3-15(12-17)11-16-6-8-21-13-16)24-18-5-2-7-23-19(18)25-10-9-22-14-25/h1-5,7,9-10,12,14,16,21H,6,8,11,13H2,(H,24,26). The number of amides is 1. The molecule has 132 valence electrons. The van der Waals surface area contributed by atoms with Crippen LogP contribution in [0.5, 0.6) is 0 Å². The van der Waals surface area contributed by atoms with Gasteiger partial charge in [-0.2, -0.15) is 0 Å². The van der Waals surface area contributed by atoms with E-state index in [-0.39, 0.29) is 5.91 Å². The van der Waals surface area contributed by atoms with Crippen molar-refractivity contribution in [2.24, 2.45) is 5.92 Å². The van der Waals surface area contributed by atoms with Crippen LogP contribution < -0.4 is 10.6 Å². The molecule has 1 atom stereocenters. The summed E-state index contributed by atoms with van der Waals surface area (Å²) in [6, 6.07) is 11.5. The molecule has 3 heterocycles. The Balaban J connectivity index is 1.52. The van der Waals surface area contributed by atoms with Crippen LogP contribution in [0, 0.1) is 5.92 Å². The van der Waals surface area contributed by atoms with Crippen LogP contribution in [0.1, 0.15) is 22.3 Å². The maximum absolute atomic E-state index is 12.7. The van der Waals surface area contributed by atoms with Gasteiger partial charge in [0.05, 0.1) is 5.69 Å². The van der Waals surface area contributed by atoms with Gasteiger partial charge < -0.3 is 10.6 Å². The van der Waals surface area contributed by atoms with Crippen LogP contribution in [0.25, 0.3) is 5.82 Å². The number of carbonyl (C=O) groups excluding carboxylic acids is 1. The number of hydrogen-bond donors (Lipinski definition) is 2. The van der Waals surface area contributed by atoms with Crippen molar-refractivity contribution in [3.63, 3.8) is 0 Å². The average molecular weight is 347 g/mol. The summed E-state index contributed by atoms with van der Waals surface area (Å²) in [5, 5.41) is 6.36. The summed E-state index contributed by atoms with van der Waals surface area (Å²) < 4.78 is 1.78. The zero-order chi connectivity index (χ0) is 17.8. The third kappa shape index (κ3) is 3.65. The lowest BCUT2D eigenvalue weighted by molar-refractivity contribution is 0.102. The van der Waals surface area contributed by atoms with Gasteiger partial charge in [0.1, 0.15) is 6.33 Å². The highest BCUT2D eigenvalue weighted by Gasteiger charge is 2.16. The first-order valence-corrected chi connectivity index (χ1v) is 8.84. The van der Waals surface area contributed by atoms with Gasteiger partial charge in [-0.25, -0.2) is 9.97 Å². The molecule has 3 aromatic rings. The topological polar surface area (TPSA) is 71.8 Å². The molecule has 2 aromatic heterocycles. The zero-order valence-electron chi connectivity index (χ0n) is 14.4. The number of pyridine rings is 1. The van der Waals surface area contributed by atoms with Crippen molar-refractivity contribution in [1.82, 2.24) is 19.9 Å². The molecular formula is C20H21N5O. The summed E-state index contributed by atoms with van der Waals surface area (Å²) in [6.45, 7) is 2.14. The molecule has 1 fully saturated rings. The molecule has 0 radical (unpaired) electrons. The predicted octanol–water partition coefficient (Wildman–Crippen LogP) is 2.67. The van der Waals surface area contributed by atoms with Gasteiger partial charge in [0.15, 0.2) is 5.82 Å². The van der Waals surface area contributed by atoms with E-state index >= 15 is 0 Å². The molecule has 0 spiro atoms. The SMILES string of the molecule is O=C(Nc1cccnc1-n1ccnc1)c1cccc(CC2CCNC2)c1. The van der Waals surface area contributed by atoms with Crippen LogP contribution in [-0.4, -0.2) is 33.5 Å². The van der Waals surface area contributed by atoms with Crippen molar-refractivity contribution in [1.29, 1.82) is 0 Å². The highest BCUT2D eigenvalue weighted by Crippen LogP contribution is 2.19. The Morgan fingerprint density at radius 3 is 3.04 bits per heavy atom. The van der Waals surface area contributed by atoms with Gasteiger partial charge in [0.25, 0.3) is 5.91 Å². The fourth-order valence-corrected chi connectivity index (χ4v) is 3.34. The van der Waals surface area contributed by atoms with Crippen LogP contribution in [0.2, 0.25) is 0 Å². The van der Waals surface area contributed by atoms with Crippen LogP contribution in [0.4, 0.5) is 5.69 Å². The molecule has 0 aliphatic carbocycles. The van der Waals surface area contributed by atoms with E-state index in [1.165, 1.54) is 12.0 Å². The van der Waals surface area contributed by atoms with E-state index < -0.39 is 0 Å². The minimum absolute atomic E-state index is 0.134. The maximum Gasteiger partial charge on any atom is 0.255 e. The van der Waals surface area contributed by atoms with Gasteiger partial charge in [-0.05, 0) is 61.7 Å². The minimum Gasteiger partial charge on any atom is -0.319 e. The van der Waals surface area contributed by atoms with Crippen LogP contribution in [0.3, 0.4) is 0 Å². The molecule has 1 amide bonds. The first kappa shape index (κ1) is 16.5. The predicted molar refractivity (Wildman–Crippen MR) is 100 cm³/mol. The summed E-state index contributed by atoms with van der Waals surface area (Å²) in [5.74, 6) is 1.16. The molecular weight excluding hydrogens is 326 g/mol. The second kappa shape index (κ2) is 7.49. The lowest BCUT2D eigenvalue weighted by atomic mass is 9.97. The normalized spacial score (nSPS) is 16.5. The Morgan fingerprint density at radius 1 is 1.27 bits per heavy atom. The van der Waals surface area contributed by atoms with Crippen molar-refractivity contribution in [3.05, 3.63) is 72.4 Å². The lowest BCUT2D eigenvalue weighted by Crippen LogP contribution is -2.15. The van der Waals surface area contributed by atoms with Crippen LogP contribution in [-0.2, 0) is 6.42 Å². The fraction of sp³-hybridized carbons (Fsp3) is 0.250. The number of nitrogens with one attached hydrogen (secondary N) is 2. The van der Waals surface area contributed by atoms with Crippen LogP contribution in [0.15, 0.2) is 61.3 Å². The van der Waals surface area contributed by atoms with Crippen molar-refractivity contribution >= 4 is 11.6 Å². The molecule has 6 heteroatoms. The molecule has 6 nitrogen and oxygen atoms in total. The summed E-state index contributed by atoms with van der Waals surface area (Å²) in [4.78, 5) is 21.1. The second-order valence-corrected chi connectivity index (χ2v) is 6.56. The van der Waals surface area contributed by atoms with Gasteiger partial charge in [-0.15, -0.1) is 0 Å². The van der Waals surface area contributed by atoms with Gasteiger partial charge in [-0.3, -0.25) is 9.36 Å². The quantitative estimate of drug-likeness (QED) is 0.744. The van der Waals surface area contributed by atoms with E-state index in [1.54, 1.807) is 35.6 Å². The van der Waals surface area contributed by atoms with E-state index in [0.29, 0.717) is 23.0 Å². The second-order valence-electron chi connectivity index (χ2n) is 6.56. The number of benzene rings is 1. The summed E-state index contributed by atoms with van der Waals surface area (Å²) in [7, 11) is 0. The molecule has 26 heavy (non-hydrogen) atoms. The van der Waals surface area contributed by atoms with Gasteiger partial charge >= 0.3 is 0 Å². The molecule has 1 aromatic carbocycles. The number of anilines is 1. The molecule has 1 aliphatic rings. The number of imidazole rings is 1. The lowest BCUT2D eigenvalue weighted by Gasteiger charge is -2.12. The molecule has 1 unspecified atom stereocenters. The fourth-order valence-electron chi connectivity index (χ4n) is 3.34. The summed E-state index contributed by atoms with van der Waals surface area (Å²) in [6.07, 6.45) is 9.03. The van der Waals surface area contributed by atoms with E-state index in [0.717, 1.165) is 19.5 Å². The smallest absolute Gasteiger partial charge is 0.255 e. The number of hydrogen-bond acceptors (Lipinski definition) is 4. The first-order valence-electron chi connectivity index (χ1n) is 8.84. The van der Waals surface area contributed by atoms with E-state index in [1.807, 2.05) is 24.3 Å². The Bertz CT molecular complexity index is 885. The average Bonchev–Trinajstić information content (AvgIpc) is 3.36. The largest absolute Gasteiger partial charge is 0.319 e. The third-order valence-electron chi connectivity index (χ3n) is 4.66. The third-order valence-corrected chi connectivity index (χ3v) is 4.66. The molecule has 2 N–H and O–H groups in total. The van der Waals surface area contributed by atoms with E-state index in [9.17, 15) is 4.79 Å². The molecule has 0 saturated carbocycles. The van der Waals surface area contributed by atoms with Crippen molar-refractivity contribution in [3.8, 4) is 5.82 Å². The molecule has 0 bridgehead atoms. The van der Waals surface area contributed by atoms with Crippen molar-refractivity contribution < 1.29 is 4.79 Å². The Hall–Kier alpha value is -2.99. The van der Waals surface area contributed by atoms with Gasteiger partial charge in [0.2, 0.25) is 0 Å². The zero-order valence-corrected chi connectivity index (χ0v) is 14.4. The van der Waals surface area contributed by atoms with Gasteiger partial charge in [-0.1, -0.05) is 12.1 Å². The number of nitrogens with zero attached hydrogens (tertiary/aromatic N) is 3. The van der Waals surface area contributed by atoms with Gasteiger partial charge in [0, 0.05) is 24.2 Å². The van der Waals surface area contributed by atoms with E-state index in [2.05, 4.69) is 26.7 Å². The minimum atomic E-state index is -0.134. The van der Waals surface area contributed by atoms with Crippen molar-refractivity contribution in [2.75, 3.05) is 18.4 Å². The highest BCUT2D eigenvalue weighted by molar-refractivity contribution is 6.05. The summed E-state index contributed by atoms with van der Waals surface area (Å²) in [5.41, 5.74) is 2.52. The molecule has 4 rings (SSSR count). The summed E-state index contributed by atoms with van der Waals surface area (Å²) >= 11 is 0.